The number of nitrogens with zero attached hydrogens (tertiary/aromatic N) is 2. The molecule has 0 bridgehead atoms. The Morgan fingerprint density at radius 2 is 1.33 bits per heavy atom. The van der Waals surface area contributed by atoms with Crippen molar-refractivity contribution in [2.75, 3.05) is 33.0 Å². The molecule has 1 aromatic heterocycles. The SMILES string of the molecule is C.C.C.CCOC(=O)/C(=C\N(C)C)C(=O)c1cc(F)c(F)c(F)c1F.CCOC(=O)c1cn2c3c(c(F)c(F)cc3c1=O)Oc1cc(C(=O)O)ccc1-2.Nc1ccc(C(=O)O)cc1O. The number of hydrogen-bond donors (Lipinski definition) is 4. The third-order valence-electron chi connectivity index (χ3n) is 8.06. The topological polar surface area (TPSA) is 225 Å². The fourth-order valence-corrected chi connectivity index (χ4v) is 5.31. The molecule has 0 saturated carbocycles. The second kappa shape index (κ2) is 22.3. The number of pyridine rings is 1. The van der Waals surface area contributed by atoms with Gasteiger partial charge in [0.2, 0.25) is 17.0 Å². The number of phenols is 1. The zero-order valence-electron chi connectivity index (χ0n) is 31.9. The summed E-state index contributed by atoms with van der Waals surface area (Å²) < 4.78 is 97.6. The highest BCUT2D eigenvalue weighted by Gasteiger charge is 2.31. The largest absolute Gasteiger partial charge is 0.506 e. The van der Waals surface area contributed by atoms with Gasteiger partial charge in [-0.15, -0.1) is 0 Å². The van der Waals surface area contributed by atoms with Crippen LogP contribution in [0, 0.1) is 34.9 Å². The molecule has 1 aliphatic rings. The van der Waals surface area contributed by atoms with E-state index in [1.807, 2.05) is 0 Å². The van der Waals surface area contributed by atoms with Crippen molar-refractivity contribution in [1.29, 1.82) is 0 Å². The van der Waals surface area contributed by atoms with Gasteiger partial charge in [-0.25, -0.2) is 41.1 Å². The number of nitrogens with two attached hydrogens (primary N) is 1. The number of fused-ring (bicyclic) bond motifs is 2. The number of Topliss-reactive ketones (excluding diaryl/α,β-unsaturated/α-hetero) is 1. The Kier molecular flexibility index (Phi) is 18.9. The van der Waals surface area contributed by atoms with Crippen LogP contribution in [0.4, 0.5) is 32.0 Å². The third kappa shape index (κ3) is 11.3. The predicted octanol–water partition coefficient (Wildman–Crippen LogP) is 8.26. The number of nitrogen functional groups attached to an aromatic ring is 1. The van der Waals surface area contributed by atoms with Crippen molar-refractivity contribution >= 4 is 46.3 Å². The molecule has 344 valence electrons. The van der Waals surface area contributed by atoms with Gasteiger partial charge < -0.3 is 44.7 Å². The molecular formula is C43H43F6N3O12. The molecule has 0 amide bonds. The molecular weight excluding hydrogens is 864 g/mol. The number of phenolic OH excluding ortho intramolecular Hbond substituents is 1. The molecule has 0 fully saturated rings. The fourth-order valence-electron chi connectivity index (χ4n) is 5.31. The van der Waals surface area contributed by atoms with Crippen LogP contribution in [-0.2, 0) is 14.3 Å². The minimum absolute atomic E-state index is 0. The molecule has 5 aromatic rings. The van der Waals surface area contributed by atoms with E-state index in [1.54, 1.807) is 6.92 Å². The van der Waals surface area contributed by atoms with E-state index < -0.39 is 86.9 Å². The van der Waals surface area contributed by atoms with Crippen LogP contribution in [0.1, 0.15) is 77.6 Å². The normalized spacial score (nSPS) is 10.6. The molecule has 0 spiro atoms. The van der Waals surface area contributed by atoms with Crippen LogP contribution in [0.2, 0.25) is 0 Å². The van der Waals surface area contributed by atoms with Gasteiger partial charge in [-0.05, 0) is 62.4 Å². The Labute approximate surface area is 361 Å². The molecule has 5 N–H and O–H groups in total. The summed E-state index contributed by atoms with van der Waals surface area (Å²) in [5.74, 6) is -17.0. The van der Waals surface area contributed by atoms with Crippen LogP contribution in [0.15, 0.2) is 71.3 Å². The van der Waals surface area contributed by atoms with Gasteiger partial charge in [-0.1, -0.05) is 22.3 Å². The predicted molar refractivity (Wildman–Crippen MR) is 221 cm³/mol. The number of carboxylic acids is 2. The lowest BCUT2D eigenvalue weighted by molar-refractivity contribution is -0.138. The average Bonchev–Trinajstić information content (AvgIpc) is 3.21. The smallest absolute Gasteiger partial charge is 0.343 e. The number of halogens is 6. The van der Waals surface area contributed by atoms with Crippen LogP contribution in [0.3, 0.4) is 0 Å². The molecule has 4 aromatic carbocycles. The lowest BCUT2D eigenvalue weighted by Crippen LogP contribution is -2.22. The van der Waals surface area contributed by atoms with Crippen molar-refractivity contribution in [3.05, 3.63) is 134 Å². The quantitative estimate of drug-likeness (QED) is 0.0102. The summed E-state index contributed by atoms with van der Waals surface area (Å²) in [7, 11) is 2.93. The van der Waals surface area contributed by atoms with E-state index in [4.69, 9.17) is 30.5 Å². The molecule has 1 aliphatic heterocycles. The van der Waals surface area contributed by atoms with Gasteiger partial charge in [0.25, 0.3) is 0 Å². The Morgan fingerprint density at radius 1 is 0.766 bits per heavy atom. The van der Waals surface area contributed by atoms with Crippen molar-refractivity contribution in [1.82, 2.24) is 9.47 Å². The highest BCUT2D eigenvalue weighted by atomic mass is 19.2. The van der Waals surface area contributed by atoms with E-state index >= 15 is 0 Å². The summed E-state index contributed by atoms with van der Waals surface area (Å²) >= 11 is 0. The standard InChI is InChI=1S/C19H11F2NO6.C14H13F4NO3.C7H7NO3.3CH4/c1-2-27-19(26)10-7-22-12-4-3-8(18(24)25)5-13(12)28-17-14(21)11(20)6-9(15(17)22)16(10)23;1-4-22-14(21)8(6-19(2)3)13(20)7-5-9(15)11(17)12(18)10(7)16;8-5-2-1-4(7(10)11)3-6(5)9;;;/h3-7H,2H2,1H3,(H,24,25);5-6H,4H2,1-3H3;1-3,9H,8H2,(H,10,11);3*1H4/b;8-6-;;;;. The maximum Gasteiger partial charge on any atom is 0.343 e. The summed E-state index contributed by atoms with van der Waals surface area (Å²) in [6, 6.07) is 8.46. The number of benzene rings is 4. The van der Waals surface area contributed by atoms with Crippen molar-refractivity contribution in [3.63, 3.8) is 0 Å². The summed E-state index contributed by atoms with van der Waals surface area (Å²) in [5, 5.41) is 26.3. The van der Waals surface area contributed by atoms with Crippen molar-refractivity contribution < 1.29 is 79.8 Å². The molecule has 0 atom stereocenters. The molecule has 0 radical (unpaired) electrons. The van der Waals surface area contributed by atoms with Gasteiger partial charge in [-0.3, -0.25) is 9.59 Å². The summed E-state index contributed by atoms with van der Waals surface area (Å²) in [6.07, 6.45) is 2.16. The first kappa shape index (κ1) is 54.2. The van der Waals surface area contributed by atoms with Gasteiger partial charge in [-0.2, -0.15) is 4.39 Å². The summed E-state index contributed by atoms with van der Waals surface area (Å²) in [6.45, 7) is 2.99. The van der Waals surface area contributed by atoms with Gasteiger partial charge in [0.1, 0.15) is 22.4 Å². The van der Waals surface area contributed by atoms with Gasteiger partial charge in [0.15, 0.2) is 40.6 Å². The van der Waals surface area contributed by atoms with Gasteiger partial charge in [0, 0.05) is 26.5 Å². The van der Waals surface area contributed by atoms with Crippen LogP contribution in [-0.4, -0.2) is 81.8 Å². The highest BCUT2D eigenvalue weighted by molar-refractivity contribution is 6.24. The monoisotopic (exact) mass is 907 g/mol. The Morgan fingerprint density at radius 3 is 1.88 bits per heavy atom. The number of ether oxygens (including phenoxy) is 3. The number of aromatic hydroxyl groups is 1. The van der Waals surface area contributed by atoms with E-state index in [0.29, 0.717) is 6.07 Å². The number of aromatic carboxylic acids is 2. The average molecular weight is 908 g/mol. The minimum atomic E-state index is -2.13. The molecule has 64 heavy (non-hydrogen) atoms. The lowest BCUT2D eigenvalue weighted by atomic mass is 10.0. The number of esters is 2. The third-order valence-corrected chi connectivity index (χ3v) is 8.06. The minimum Gasteiger partial charge on any atom is -0.506 e. The zero-order valence-corrected chi connectivity index (χ0v) is 31.9. The number of ketones is 1. The first-order chi connectivity index (χ1) is 28.6. The highest BCUT2D eigenvalue weighted by Crippen LogP contribution is 2.42. The zero-order chi connectivity index (χ0) is 45.6. The molecule has 21 heteroatoms. The van der Waals surface area contributed by atoms with E-state index in [-0.39, 0.29) is 92.0 Å². The number of carbonyl (C=O) groups is 5. The maximum absolute atomic E-state index is 14.4. The molecule has 0 aliphatic carbocycles. The second-order valence-corrected chi connectivity index (χ2v) is 12.4. The van der Waals surface area contributed by atoms with Crippen LogP contribution in [0.25, 0.3) is 16.6 Å². The molecule has 6 rings (SSSR count). The molecule has 15 nitrogen and oxygen atoms in total. The number of aromatic nitrogens is 1. The number of hydrogen-bond acceptors (Lipinski definition) is 12. The number of rotatable bonds is 9. The second-order valence-electron chi connectivity index (χ2n) is 12.4. The van der Waals surface area contributed by atoms with Crippen molar-refractivity contribution in [2.45, 2.75) is 36.1 Å². The summed E-state index contributed by atoms with van der Waals surface area (Å²) in [5.41, 5.74) is 2.53. The van der Waals surface area contributed by atoms with Crippen molar-refractivity contribution in [3.8, 4) is 22.9 Å². The molecule has 2 heterocycles. The first-order valence-electron chi connectivity index (χ1n) is 17.2. The van der Waals surface area contributed by atoms with Crippen LogP contribution >= 0.6 is 0 Å². The van der Waals surface area contributed by atoms with Crippen LogP contribution < -0.4 is 15.9 Å². The summed E-state index contributed by atoms with van der Waals surface area (Å²) in [4.78, 5) is 71.5. The van der Waals surface area contributed by atoms with Crippen molar-refractivity contribution in [2.24, 2.45) is 0 Å². The number of carbonyl (C=O) groups excluding carboxylic acids is 3. The molecule has 0 saturated heterocycles. The Balaban J connectivity index is 0.000000510. The van der Waals surface area contributed by atoms with Gasteiger partial charge in [0.05, 0.1) is 46.7 Å². The Bertz CT molecular complexity index is 2720. The van der Waals surface area contributed by atoms with E-state index in [9.17, 15) is 55.1 Å². The number of anilines is 1. The fraction of sp³-hybridized carbons (Fsp3) is 0.209. The van der Waals surface area contributed by atoms with Gasteiger partial charge >= 0.3 is 23.9 Å². The Hall–Kier alpha value is -7.84. The van der Waals surface area contributed by atoms with E-state index in [0.717, 1.165) is 24.5 Å². The van der Waals surface area contributed by atoms with Crippen LogP contribution in [0.5, 0.6) is 17.2 Å². The lowest BCUT2D eigenvalue weighted by Gasteiger charge is -2.24. The maximum atomic E-state index is 14.4. The van der Waals surface area contributed by atoms with E-state index in [1.165, 1.54) is 54.8 Å². The number of carboxylic acid groups (broad SMARTS) is 2. The molecule has 0 unspecified atom stereocenters. The van der Waals surface area contributed by atoms with E-state index in [2.05, 4.69) is 4.74 Å². The first-order valence-corrected chi connectivity index (χ1v) is 17.2.